The number of morpholine rings is 1. The SMILES string of the molecule is O=C1CN(C2CC2)CC2(CCN(S(=O)(=O)c3ccc(-c4ccc5ccccc5c4)cc3)CC2)O1. The van der Waals surface area contributed by atoms with Gasteiger partial charge in [-0.3, -0.25) is 9.69 Å². The maximum absolute atomic E-state index is 13.3. The largest absolute Gasteiger partial charge is 0.457 e. The van der Waals surface area contributed by atoms with Crippen LogP contribution in [-0.4, -0.2) is 61.4 Å². The lowest BCUT2D eigenvalue weighted by atomic mass is 9.90. The lowest BCUT2D eigenvalue weighted by Gasteiger charge is -2.46. The van der Waals surface area contributed by atoms with Crippen LogP contribution in [0.1, 0.15) is 25.7 Å². The molecule has 1 saturated carbocycles. The molecule has 0 N–H and O–H groups in total. The first-order valence-electron chi connectivity index (χ1n) is 12.0. The van der Waals surface area contributed by atoms with Crippen molar-refractivity contribution in [2.45, 2.75) is 42.2 Å². The summed E-state index contributed by atoms with van der Waals surface area (Å²) in [7, 11) is -3.60. The molecule has 3 aromatic rings. The molecule has 0 aromatic heterocycles. The fourth-order valence-corrected chi connectivity index (χ4v) is 6.77. The van der Waals surface area contributed by atoms with Crippen LogP contribution in [0.3, 0.4) is 0 Å². The number of esters is 1. The van der Waals surface area contributed by atoms with Crippen molar-refractivity contribution in [3.05, 3.63) is 66.7 Å². The van der Waals surface area contributed by atoms with Crippen molar-refractivity contribution in [2.75, 3.05) is 26.2 Å². The van der Waals surface area contributed by atoms with E-state index >= 15 is 0 Å². The van der Waals surface area contributed by atoms with Gasteiger partial charge >= 0.3 is 5.97 Å². The molecule has 0 bridgehead atoms. The average molecular weight is 477 g/mol. The van der Waals surface area contributed by atoms with E-state index in [1.165, 1.54) is 9.69 Å². The van der Waals surface area contributed by atoms with Crippen LogP contribution < -0.4 is 0 Å². The average Bonchev–Trinajstić information content (AvgIpc) is 3.69. The maximum atomic E-state index is 13.3. The number of hydrogen-bond donors (Lipinski definition) is 0. The van der Waals surface area contributed by atoms with E-state index in [-0.39, 0.29) is 5.97 Å². The molecule has 3 aromatic carbocycles. The molecule has 6 rings (SSSR count). The lowest BCUT2D eigenvalue weighted by molar-refractivity contribution is -0.180. The minimum atomic E-state index is -3.60. The first-order chi connectivity index (χ1) is 16.4. The fraction of sp³-hybridized carbons (Fsp3) is 0.370. The zero-order valence-corrected chi connectivity index (χ0v) is 19.8. The Hall–Kier alpha value is -2.74. The Kier molecular flexibility index (Phi) is 5.24. The van der Waals surface area contributed by atoms with E-state index in [2.05, 4.69) is 35.2 Å². The van der Waals surface area contributed by atoms with E-state index in [9.17, 15) is 13.2 Å². The third kappa shape index (κ3) is 4.02. The highest BCUT2D eigenvalue weighted by Gasteiger charge is 2.48. The number of piperidine rings is 1. The lowest BCUT2D eigenvalue weighted by Crippen LogP contribution is -2.59. The summed E-state index contributed by atoms with van der Waals surface area (Å²) in [6, 6.07) is 22.1. The summed E-state index contributed by atoms with van der Waals surface area (Å²) in [4.78, 5) is 14.7. The monoisotopic (exact) mass is 476 g/mol. The predicted molar refractivity (Wildman–Crippen MR) is 131 cm³/mol. The molecule has 34 heavy (non-hydrogen) atoms. The number of ether oxygens (including phenoxy) is 1. The molecular weight excluding hydrogens is 448 g/mol. The number of carbonyl (C=O) groups is 1. The van der Waals surface area contributed by atoms with Crippen LogP contribution in [0.5, 0.6) is 0 Å². The smallest absolute Gasteiger partial charge is 0.320 e. The van der Waals surface area contributed by atoms with Gasteiger partial charge in [-0.25, -0.2) is 8.42 Å². The Morgan fingerprint density at radius 1 is 0.853 bits per heavy atom. The van der Waals surface area contributed by atoms with Crippen LogP contribution in [0.15, 0.2) is 71.6 Å². The number of fused-ring (bicyclic) bond motifs is 1. The molecule has 0 atom stereocenters. The highest BCUT2D eigenvalue weighted by Crippen LogP contribution is 2.37. The molecule has 1 aliphatic carbocycles. The summed E-state index contributed by atoms with van der Waals surface area (Å²) in [6.07, 6.45) is 3.35. The Labute approximate surface area is 200 Å². The Bertz CT molecular complexity index is 1340. The van der Waals surface area contributed by atoms with Gasteiger partial charge in [0, 0.05) is 38.5 Å². The molecule has 2 heterocycles. The van der Waals surface area contributed by atoms with Crippen molar-refractivity contribution in [1.82, 2.24) is 9.21 Å². The van der Waals surface area contributed by atoms with Gasteiger partial charge in [0.25, 0.3) is 0 Å². The van der Waals surface area contributed by atoms with Gasteiger partial charge in [0.1, 0.15) is 5.60 Å². The summed E-state index contributed by atoms with van der Waals surface area (Å²) >= 11 is 0. The Balaban J connectivity index is 1.17. The second-order valence-electron chi connectivity index (χ2n) is 9.78. The molecule has 0 amide bonds. The molecule has 3 aliphatic rings. The van der Waals surface area contributed by atoms with Crippen LogP contribution in [0.25, 0.3) is 21.9 Å². The first kappa shape index (κ1) is 21.8. The molecule has 2 saturated heterocycles. The van der Waals surface area contributed by atoms with Gasteiger partial charge in [0.2, 0.25) is 10.0 Å². The van der Waals surface area contributed by atoms with Crippen molar-refractivity contribution >= 4 is 26.8 Å². The van der Waals surface area contributed by atoms with Crippen molar-refractivity contribution in [2.24, 2.45) is 0 Å². The quantitative estimate of drug-likeness (QED) is 0.532. The summed E-state index contributed by atoms with van der Waals surface area (Å²) in [6.45, 7) is 1.80. The maximum Gasteiger partial charge on any atom is 0.320 e. The highest BCUT2D eigenvalue weighted by molar-refractivity contribution is 7.89. The zero-order valence-electron chi connectivity index (χ0n) is 19.0. The molecule has 1 spiro atoms. The summed E-state index contributed by atoms with van der Waals surface area (Å²) in [5, 5.41) is 2.33. The number of rotatable bonds is 4. The van der Waals surface area contributed by atoms with Crippen LogP contribution in [0.2, 0.25) is 0 Å². The number of nitrogens with zero attached hydrogens (tertiary/aromatic N) is 2. The molecule has 176 valence electrons. The van der Waals surface area contributed by atoms with E-state index in [1.807, 2.05) is 24.3 Å². The van der Waals surface area contributed by atoms with E-state index in [0.29, 0.717) is 43.4 Å². The van der Waals surface area contributed by atoms with Crippen molar-refractivity contribution in [3.8, 4) is 11.1 Å². The number of carbonyl (C=O) groups excluding carboxylic acids is 1. The van der Waals surface area contributed by atoms with Gasteiger partial charge in [-0.1, -0.05) is 48.5 Å². The fourth-order valence-electron chi connectivity index (χ4n) is 5.33. The van der Waals surface area contributed by atoms with Gasteiger partial charge in [0.15, 0.2) is 0 Å². The summed E-state index contributed by atoms with van der Waals surface area (Å²) in [5.74, 6) is -0.182. The summed E-state index contributed by atoms with van der Waals surface area (Å²) < 4.78 is 34.0. The van der Waals surface area contributed by atoms with Crippen molar-refractivity contribution in [1.29, 1.82) is 0 Å². The minimum Gasteiger partial charge on any atom is -0.457 e. The second kappa shape index (κ2) is 8.18. The first-order valence-corrected chi connectivity index (χ1v) is 13.4. The van der Waals surface area contributed by atoms with E-state index < -0.39 is 15.6 Å². The third-order valence-corrected chi connectivity index (χ3v) is 9.34. The number of hydrogen-bond acceptors (Lipinski definition) is 5. The van der Waals surface area contributed by atoms with Crippen LogP contribution in [-0.2, 0) is 19.6 Å². The Morgan fingerprint density at radius 3 is 2.24 bits per heavy atom. The summed E-state index contributed by atoms with van der Waals surface area (Å²) in [5.41, 5.74) is 1.49. The standard InChI is InChI=1S/C27H28N2O4S/c30-26-18-28(24-9-10-24)19-27(33-26)13-15-29(16-14-27)34(31,32)25-11-7-21(8-12-25)23-6-5-20-3-1-2-4-22(20)17-23/h1-8,11-12,17,24H,9-10,13-16,18-19H2. The number of benzene rings is 3. The molecule has 0 unspecified atom stereocenters. The normalized spacial score (nSPS) is 21.6. The highest BCUT2D eigenvalue weighted by atomic mass is 32.2. The van der Waals surface area contributed by atoms with Crippen LogP contribution in [0.4, 0.5) is 0 Å². The second-order valence-corrected chi connectivity index (χ2v) is 11.7. The third-order valence-electron chi connectivity index (χ3n) is 7.43. The van der Waals surface area contributed by atoms with E-state index in [4.69, 9.17) is 4.74 Å². The van der Waals surface area contributed by atoms with Gasteiger partial charge in [-0.2, -0.15) is 4.31 Å². The van der Waals surface area contributed by atoms with Gasteiger partial charge in [-0.05, 0) is 52.9 Å². The van der Waals surface area contributed by atoms with Gasteiger partial charge in [-0.15, -0.1) is 0 Å². The Morgan fingerprint density at radius 2 is 1.53 bits per heavy atom. The number of sulfonamides is 1. The van der Waals surface area contributed by atoms with Gasteiger partial charge < -0.3 is 4.74 Å². The molecule has 2 aliphatic heterocycles. The van der Waals surface area contributed by atoms with E-state index in [1.54, 1.807) is 12.1 Å². The minimum absolute atomic E-state index is 0.182. The molecule has 6 nitrogen and oxygen atoms in total. The topological polar surface area (TPSA) is 66.9 Å². The van der Waals surface area contributed by atoms with Crippen LogP contribution >= 0.6 is 0 Å². The van der Waals surface area contributed by atoms with Gasteiger partial charge in [0.05, 0.1) is 11.4 Å². The zero-order chi connectivity index (χ0) is 23.3. The molecule has 0 radical (unpaired) electrons. The van der Waals surface area contributed by atoms with Crippen molar-refractivity contribution < 1.29 is 17.9 Å². The molecule has 3 fully saturated rings. The van der Waals surface area contributed by atoms with E-state index in [0.717, 1.165) is 35.9 Å². The molecular formula is C27H28N2O4S. The predicted octanol–water partition coefficient (Wildman–Crippen LogP) is 4.05. The van der Waals surface area contributed by atoms with Crippen LogP contribution in [0, 0.1) is 0 Å². The molecule has 7 heteroatoms. The van der Waals surface area contributed by atoms with Crippen molar-refractivity contribution in [3.63, 3.8) is 0 Å².